The number of nitrogen functional groups attached to an aromatic ring is 1. The lowest BCUT2D eigenvalue weighted by Crippen LogP contribution is -2.31. The van der Waals surface area contributed by atoms with Crippen molar-refractivity contribution in [2.45, 2.75) is 17.7 Å². The van der Waals surface area contributed by atoms with E-state index in [4.69, 9.17) is 5.73 Å². The summed E-state index contributed by atoms with van der Waals surface area (Å²) in [5.74, 6) is 1.28. The molecule has 0 heterocycles. The summed E-state index contributed by atoms with van der Waals surface area (Å²) in [5.41, 5.74) is 6.53. The van der Waals surface area contributed by atoms with Gasteiger partial charge in [-0.2, -0.15) is 0 Å². The highest BCUT2D eigenvalue weighted by atomic mass is 32.2. The molecule has 0 radical (unpaired) electrons. The average Bonchev–Trinajstić information content (AvgIpc) is 3.15. The van der Waals surface area contributed by atoms with Gasteiger partial charge in [-0.25, -0.2) is 12.7 Å². The van der Waals surface area contributed by atoms with Gasteiger partial charge in [-0.15, -0.1) is 11.8 Å². The summed E-state index contributed by atoms with van der Waals surface area (Å²) in [5, 5.41) is 0. The molecule has 0 aromatic heterocycles. The van der Waals surface area contributed by atoms with Crippen LogP contribution < -0.4 is 5.73 Å². The standard InChI is InChI=1S/C13H20N2O2S2/c1-15(10-11-6-7-11)19(16,17)9-8-18-13-5-3-2-4-12(13)14/h2-5,11H,6-10,14H2,1H3. The number of sulfonamides is 1. The normalized spacial score (nSPS) is 15.9. The molecule has 1 aromatic rings. The molecule has 1 aliphatic carbocycles. The summed E-state index contributed by atoms with van der Waals surface area (Å²) in [7, 11) is -1.45. The van der Waals surface area contributed by atoms with Crippen LogP contribution in [0.5, 0.6) is 0 Å². The van der Waals surface area contributed by atoms with E-state index >= 15 is 0 Å². The van der Waals surface area contributed by atoms with Gasteiger partial charge in [-0.3, -0.25) is 0 Å². The molecule has 1 aromatic carbocycles. The van der Waals surface area contributed by atoms with Crippen LogP contribution in [0.15, 0.2) is 29.2 Å². The summed E-state index contributed by atoms with van der Waals surface area (Å²) in [4.78, 5) is 0.947. The van der Waals surface area contributed by atoms with Crippen molar-refractivity contribution in [2.24, 2.45) is 5.92 Å². The van der Waals surface area contributed by atoms with Crippen molar-refractivity contribution in [1.29, 1.82) is 0 Å². The van der Waals surface area contributed by atoms with Crippen LogP contribution >= 0.6 is 11.8 Å². The maximum Gasteiger partial charge on any atom is 0.214 e. The Bertz CT molecular complexity index is 527. The van der Waals surface area contributed by atoms with Crippen molar-refractivity contribution < 1.29 is 8.42 Å². The molecule has 6 heteroatoms. The number of rotatable bonds is 7. The summed E-state index contributed by atoms with van der Waals surface area (Å²) < 4.78 is 25.6. The van der Waals surface area contributed by atoms with Crippen LogP contribution in [-0.2, 0) is 10.0 Å². The fraction of sp³-hybridized carbons (Fsp3) is 0.538. The summed E-state index contributed by atoms with van der Waals surface area (Å²) in [6.07, 6.45) is 2.32. The Morgan fingerprint density at radius 3 is 2.68 bits per heavy atom. The predicted molar refractivity (Wildman–Crippen MR) is 80.7 cm³/mol. The number of anilines is 1. The predicted octanol–water partition coefficient (Wildman–Crippen LogP) is 2.03. The molecule has 2 rings (SSSR count). The minimum Gasteiger partial charge on any atom is -0.398 e. The Morgan fingerprint density at radius 2 is 2.05 bits per heavy atom. The maximum absolute atomic E-state index is 12.1. The van der Waals surface area contributed by atoms with Crippen LogP contribution in [0, 0.1) is 5.92 Å². The van der Waals surface area contributed by atoms with E-state index in [9.17, 15) is 8.42 Å². The van der Waals surface area contributed by atoms with Crippen molar-refractivity contribution in [3.05, 3.63) is 24.3 Å². The van der Waals surface area contributed by atoms with Crippen LogP contribution in [0.4, 0.5) is 5.69 Å². The van der Waals surface area contributed by atoms with Gasteiger partial charge in [-0.05, 0) is 30.9 Å². The van der Waals surface area contributed by atoms with Gasteiger partial charge < -0.3 is 5.73 Å². The second-order valence-corrected chi connectivity index (χ2v) is 8.26. The van der Waals surface area contributed by atoms with E-state index < -0.39 is 10.0 Å². The molecule has 0 aliphatic heterocycles. The highest BCUT2D eigenvalue weighted by Crippen LogP contribution is 2.30. The van der Waals surface area contributed by atoms with Gasteiger partial charge in [0.05, 0.1) is 5.75 Å². The number of hydrogen-bond acceptors (Lipinski definition) is 4. The van der Waals surface area contributed by atoms with Gasteiger partial charge in [0.15, 0.2) is 0 Å². The Hall–Kier alpha value is -0.720. The first-order valence-electron chi connectivity index (χ1n) is 6.40. The Labute approximate surface area is 119 Å². The Balaban J connectivity index is 1.82. The monoisotopic (exact) mass is 300 g/mol. The zero-order valence-corrected chi connectivity index (χ0v) is 12.7. The summed E-state index contributed by atoms with van der Waals surface area (Å²) in [6, 6.07) is 7.53. The van der Waals surface area contributed by atoms with E-state index in [-0.39, 0.29) is 5.75 Å². The third kappa shape index (κ3) is 4.40. The SMILES string of the molecule is CN(CC1CC1)S(=O)(=O)CCSc1ccccc1N. The number of nitrogens with two attached hydrogens (primary N) is 1. The van der Waals surface area contributed by atoms with Crippen LogP contribution in [0.3, 0.4) is 0 Å². The molecule has 0 unspecified atom stereocenters. The lowest BCUT2D eigenvalue weighted by atomic mass is 10.3. The molecule has 19 heavy (non-hydrogen) atoms. The summed E-state index contributed by atoms with van der Waals surface area (Å²) in [6.45, 7) is 0.667. The summed E-state index contributed by atoms with van der Waals surface area (Å²) >= 11 is 1.49. The molecule has 0 atom stereocenters. The number of nitrogens with zero attached hydrogens (tertiary/aromatic N) is 1. The first-order chi connectivity index (χ1) is 8.99. The van der Waals surface area contributed by atoms with Gasteiger partial charge in [0.2, 0.25) is 10.0 Å². The molecular formula is C13H20N2O2S2. The Morgan fingerprint density at radius 1 is 1.37 bits per heavy atom. The zero-order chi connectivity index (χ0) is 13.9. The number of hydrogen-bond donors (Lipinski definition) is 1. The molecule has 0 bridgehead atoms. The fourth-order valence-corrected chi connectivity index (χ4v) is 4.36. The average molecular weight is 300 g/mol. The smallest absolute Gasteiger partial charge is 0.214 e. The second-order valence-electron chi connectivity index (χ2n) is 4.93. The minimum atomic E-state index is -3.13. The molecule has 0 spiro atoms. The largest absolute Gasteiger partial charge is 0.398 e. The van der Waals surface area contributed by atoms with Crippen LogP contribution in [-0.4, -0.2) is 37.8 Å². The molecule has 1 saturated carbocycles. The third-order valence-electron chi connectivity index (χ3n) is 3.20. The molecule has 106 valence electrons. The van der Waals surface area contributed by atoms with Gasteiger partial charge in [0, 0.05) is 29.9 Å². The molecular weight excluding hydrogens is 280 g/mol. The van der Waals surface area contributed by atoms with Crippen LogP contribution in [0.1, 0.15) is 12.8 Å². The minimum absolute atomic E-state index is 0.162. The molecule has 4 nitrogen and oxygen atoms in total. The number of benzene rings is 1. The van der Waals surface area contributed by atoms with E-state index in [1.54, 1.807) is 7.05 Å². The van der Waals surface area contributed by atoms with E-state index in [2.05, 4.69) is 0 Å². The number of thioether (sulfide) groups is 1. The second kappa shape index (κ2) is 6.15. The highest BCUT2D eigenvalue weighted by Gasteiger charge is 2.27. The van der Waals surface area contributed by atoms with Crippen LogP contribution in [0.25, 0.3) is 0 Å². The van der Waals surface area contributed by atoms with E-state index in [1.807, 2.05) is 24.3 Å². The van der Waals surface area contributed by atoms with Crippen molar-refractivity contribution in [3.8, 4) is 0 Å². The fourth-order valence-electron chi connectivity index (χ4n) is 1.80. The third-order valence-corrected chi connectivity index (χ3v) is 6.37. The molecule has 1 fully saturated rings. The molecule has 0 amide bonds. The van der Waals surface area contributed by atoms with Gasteiger partial charge >= 0.3 is 0 Å². The van der Waals surface area contributed by atoms with E-state index in [1.165, 1.54) is 16.1 Å². The van der Waals surface area contributed by atoms with Crippen molar-refractivity contribution >= 4 is 27.5 Å². The Kier molecular flexibility index (Phi) is 4.76. The van der Waals surface area contributed by atoms with E-state index in [0.29, 0.717) is 23.9 Å². The number of para-hydroxylation sites is 1. The highest BCUT2D eigenvalue weighted by molar-refractivity contribution is 8.00. The van der Waals surface area contributed by atoms with Gasteiger partial charge in [-0.1, -0.05) is 12.1 Å². The van der Waals surface area contributed by atoms with E-state index in [0.717, 1.165) is 17.7 Å². The quantitative estimate of drug-likeness (QED) is 0.618. The lowest BCUT2D eigenvalue weighted by molar-refractivity contribution is 0.454. The molecule has 1 aliphatic rings. The van der Waals surface area contributed by atoms with Crippen molar-refractivity contribution in [3.63, 3.8) is 0 Å². The lowest BCUT2D eigenvalue weighted by Gasteiger charge is -2.16. The van der Waals surface area contributed by atoms with Gasteiger partial charge in [0.25, 0.3) is 0 Å². The first kappa shape index (κ1) is 14.7. The first-order valence-corrected chi connectivity index (χ1v) is 9.00. The topological polar surface area (TPSA) is 63.4 Å². The maximum atomic E-state index is 12.1. The zero-order valence-electron chi connectivity index (χ0n) is 11.1. The van der Waals surface area contributed by atoms with Crippen LogP contribution in [0.2, 0.25) is 0 Å². The van der Waals surface area contributed by atoms with Crippen molar-refractivity contribution in [2.75, 3.05) is 30.8 Å². The van der Waals surface area contributed by atoms with Gasteiger partial charge in [0.1, 0.15) is 0 Å². The molecule has 2 N–H and O–H groups in total. The molecule has 0 saturated heterocycles. The van der Waals surface area contributed by atoms with Crippen molar-refractivity contribution in [1.82, 2.24) is 4.31 Å².